The van der Waals surface area contributed by atoms with Crippen LogP contribution in [0.15, 0.2) is 0 Å². The van der Waals surface area contributed by atoms with Crippen LogP contribution in [-0.2, 0) is 9.53 Å². The second-order valence-electron chi connectivity index (χ2n) is 1.71. The highest BCUT2D eigenvalue weighted by Crippen LogP contribution is 2.22. The molecule has 0 amide bonds. The minimum Gasteiger partial charge on any atom is -0.285 e. The lowest BCUT2D eigenvalue weighted by Crippen LogP contribution is -2.34. The third-order valence-electron chi connectivity index (χ3n) is 0.705. The van der Waals surface area contributed by atoms with Crippen LogP contribution in [0.3, 0.4) is 0 Å². The van der Waals surface area contributed by atoms with Gasteiger partial charge in [0.25, 0.3) is 0 Å². The number of alkyl halides is 5. The third kappa shape index (κ3) is 4.16. The van der Waals surface area contributed by atoms with Gasteiger partial charge in [-0.25, -0.2) is 0 Å². The van der Waals surface area contributed by atoms with Crippen LogP contribution in [0.4, 0.5) is 26.3 Å². The molecule has 12 heavy (non-hydrogen) atoms. The van der Waals surface area contributed by atoms with Gasteiger partial charge in [-0.2, -0.15) is 13.2 Å². The molecule has 0 aromatic rings. The standard InChI is InChI=1S/C4H2F6O2/c5-2(11)3(6,7)1-12-4(8,9)10/h1H2. The van der Waals surface area contributed by atoms with E-state index in [4.69, 9.17) is 0 Å². The van der Waals surface area contributed by atoms with Gasteiger partial charge in [0, 0.05) is 0 Å². The van der Waals surface area contributed by atoms with Crippen LogP contribution in [0.2, 0.25) is 0 Å². The minimum absolute atomic E-state index is 2.34. The van der Waals surface area contributed by atoms with Crippen molar-refractivity contribution in [1.82, 2.24) is 0 Å². The topological polar surface area (TPSA) is 26.3 Å². The van der Waals surface area contributed by atoms with E-state index >= 15 is 0 Å². The zero-order valence-corrected chi connectivity index (χ0v) is 5.29. The van der Waals surface area contributed by atoms with Crippen molar-refractivity contribution in [3.8, 4) is 0 Å². The molecule has 0 radical (unpaired) electrons. The molecule has 0 atom stereocenters. The largest absolute Gasteiger partial charge is 0.522 e. The van der Waals surface area contributed by atoms with E-state index in [-0.39, 0.29) is 0 Å². The Hall–Kier alpha value is -0.790. The molecule has 0 saturated carbocycles. The van der Waals surface area contributed by atoms with Gasteiger partial charge < -0.3 is 0 Å². The highest BCUT2D eigenvalue weighted by molar-refractivity contribution is 5.76. The molecule has 0 unspecified atom stereocenters. The summed E-state index contributed by atoms with van der Waals surface area (Å²) in [5.41, 5.74) is 0. The van der Waals surface area contributed by atoms with Crippen molar-refractivity contribution >= 4 is 6.04 Å². The monoisotopic (exact) mass is 196 g/mol. The van der Waals surface area contributed by atoms with E-state index in [0.717, 1.165) is 0 Å². The lowest BCUT2D eigenvalue weighted by atomic mass is 10.4. The SMILES string of the molecule is O=C(F)C(F)(F)COC(F)(F)F. The third-order valence-corrected chi connectivity index (χ3v) is 0.705. The summed E-state index contributed by atoms with van der Waals surface area (Å²) in [7, 11) is 0. The van der Waals surface area contributed by atoms with Gasteiger partial charge in [0.15, 0.2) is 0 Å². The molecule has 2 nitrogen and oxygen atoms in total. The lowest BCUT2D eigenvalue weighted by Gasteiger charge is -2.11. The Balaban J connectivity index is 4.01. The van der Waals surface area contributed by atoms with Crippen molar-refractivity contribution in [3.05, 3.63) is 0 Å². The van der Waals surface area contributed by atoms with Gasteiger partial charge in [0.2, 0.25) is 0 Å². The summed E-state index contributed by atoms with van der Waals surface area (Å²) in [5, 5.41) is 0. The number of carbonyl (C=O) groups excluding carboxylic acids is 1. The second-order valence-corrected chi connectivity index (χ2v) is 1.71. The molecule has 0 spiro atoms. The maximum Gasteiger partial charge on any atom is 0.522 e. The summed E-state index contributed by atoms with van der Waals surface area (Å²) in [6, 6.07) is -3.16. The molecule has 0 aliphatic carbocycles. The molecule has 0 aromatic heterocycles. The van der Waals surface area contributed by atoms with Crippen molar-refractivity contribution in [2.24, 2.45) is 0 Å². The van der Waals surface area contributed by atoms with Gasteiger partial charge in [-0.15, -0.1) is 13.2 Å². The summed E-state index contributed by atoms with van der Waals surface area (Å²) in [6.07, 6.45) is -5.31. The van der Waals surface area contributed by atoms with Crippen LogP contribution < -0.4 is 0 Å². The first-order valence-electron chi connectivity index (χ1n) is 2.43. The lowest BCUT2D eigenvalue weighted by molar-refractivity contribution is -0.338. The molecule has 0 aliphatic rings. The number of hydrogen-bond donors (Lipinski definition) is 0. The Bertz CT molecular complexity index is 173. The number of rotatable bonds is 3. The molecule has 72 valence electrons. The van der Waals surface area contributed by atoms with Gasteiger partial charge in [-0.3, -0.25) is 9.53 Å². The van der Waals surface area contributed by atoms with E-state index in [1.54, 1.807) is 0 Å². The fourth-order valence-corrected chi connectivity index (χ4v) is 0.229. The summed E-state index contributed by atoms with van der Waals surface area (Å²) >= 11 is 0. The van der Waals surface area contributed by atoms with Gasteiger partial charge in [-0.05, 0) is 0 Å². The molecule has 0 aromatic carbocycles. The normalized spacial score (nSPS) is 13.2. The smallest absolute Gasteiger partial charge is 0.285 e. The van der Waals surface area contributed by atoms with Crippen LogP contribution in [0.25, 0.3) is 0 Å². The van der Waals surface area contributed by atoms with E-state index < -0.39 is 24.9 Å². The Morgan fingerprint density at radius 3 is 1.83 bits per heavy atom. The predicted molar refractivity (Wildman–Crippen MR) is 23.1 cm³/mol. The second kappa shape index (κ2) is 3.30. The molecular weight excluding hydrogens is 194 g/mol. The molecule has 0 saturated heterocycles. The van der Waals surface area contributed by atoms with Gasteiger partial charge in [-0.1, -0.05) is 0 Å². The zero-order valence-electron chi connectivity index (χ0n) is 5.29. The van der Waals surface area contributed by atoms with Crippen LogP contribution >= 0.6 is 0 Å². The summed E-state index contributed by atoms with van der Waals surface area (Å²) in [4.78, 5) is 9.32. The summed E-state index contributed by atoms with van der Waals surface area (Å²) in [6.45, 7) is -2.34. The van der Waals surface area contributed by atoms with E-state index in [0.29, 0.717) is 0 Å². The van der Waals surface area contributed by atoms with Crippen molar-refractivity contribution in [2.75, 3.05) is 6.61 Å². The van der Waals surface area contributed by atoms with Crippen LogP contribution in [-0.4, -0.2) is 24.9 Å². The number of hydrogen-bond acceptors (Lipinski definition) is 2. The van der Waals surface area contributed by atoms with Crippen molar-refractivity contribution in [2.45, 2.75) is 12.3 Å². The first-order chi connectivity index (χ1) is 5.15. The fraction of sp³-hybridized carbons (Fsp3) is 0.750. The molecule has 0 fully saturated rings. The minimum atomic E-state index is -5.31. The zero-order chi connectivity index (χ0) is 9.99. The van der Waals surface area contributed by atoms with Gasteiger partial charge >= 0.3 is 18.3 Å². The molecule has 0 N–H and O–H groups in total. The molecule has 0 rings (SSSR count). The Labute approximate surface area is 62.1 Å². The maximum absolute atomic E-state index is 11.7. The quantitative estimate of drug-likeness (QED) is 0.506. The molecule has 0 heterocycles. The van der Waals surface area contributed by atoms with Crippen LogP contribution in [0.1, 0.15) is 0 Å². The Morgan fingerprint density at radius 2 is 1.58 bits per heavy atom. The first kappa shape index (κ1) is 11.2. The van der Waals surface area contributed by atoms with Gasteiger partial charge in [0.1, 0.15) is 6.61 Å². The molecule has 0 bridgehead atoms. The predicted octanol–water partition coefficient (Wildman–Crippen LogP) is 1.65. The summed E-state index contributed by atoms with van der Waals surface area (Å²) in [5.74, 6) is -4.74. The van der Waals surface area contributed by atoms with Crippen molar-refractivity contribution in [1.29, 1.82) is 0 Å². The average Bonchev–Trinajstić information content (AvgIpc) is 1.82. The van der Waals surface area contributed by atoms with E-state index in [1.165, 1.54) is 0 Å². The van der Waals surface area contributed by atoms with Crippen LogP contribution in [0.5, 0.6) is 0 Å². The highest BCUT2D eigenvalue weighted by Gasteiger charge is 2.44. The summed E-state index contributed by atoms with van der Waals surface area (Å²) < 4.78 is 70.4. The molecule has 8 heteroatoms. The average molecular weight is 196 g/mol. The van der Waals surface area contributed by atoms with Crippen LogP contribution in [0, 0.1) is 0 Å². The first-order valence-corrected chi connectivity index (χ1v) is 2.43. The van der Waals surface area contributed by atoms with Crippen molar-refractivity contribution < 1.29 is 35.9 Å². The Morgan fingerprint density at radius 1 is 1.17 bits per heavy atom. The fourth-order valence-electron chi connectivity index (χ4n) is 0.229. The number of halogens is 6. The number of ether oxygens (including phenoxy) is 1. The van der Waals surface area contributed by atoms with Gasteiger partial charge in [0.05, 0.1) is 0 Å². The molecular formula is C4H2F6O2. The van der Waals surface area contributed by atoms with Crippen molar-refractivity contribution in [3.63, 3.8) is 0 Å². The van der Waals surface area contributed by atoms with E-state index in [1.807, 2.05) is 0 Å². The van der Waals surface area contributed by atoms with E-state index in [2.05, 4.69) is 4.74 Å². The Kier molecular flexibility index (Phi) is 3.08. The molecule has 0 aliphatic heterocycles. The van der Waals surface area contributed by atoms with E-state index in [9.17, 15) is 31.1 Å². The maximum atomic E-state index is 11.7. The number of carbonyl (C=O) groups is 1. The highest BCUT2D eigenvalue weighted by atomic mass is 19.4.